The Morgan fingerprint density at radius 3 is 2.46 bits per heavy atom. The van der Waals surface area contributed by atoms with Gasteiger partial charge in [0.2, 0.25) is 0 Å². The Balaban J connectivity index is 1.67. The maximum absolute atomic E-state index is 12.5. The number of rotatable bonds is 5. The molecule has 0 saturated carbocycles. The summed E-state index contributed by atoms with van der Waals surface area (Å²) in [5.74, 6) is 0.0198. The number of nitrogens with one attached hydrogen (secondary N) is 1. The number of benzene rings is 1. The van der Waals surface area contributed by atoms with Crippen molar-refractivity contribution in [2.24, 2.45) is 0 Å². The van der Waals surface area contributed by atoms with Crippen LogP contribution in [0.3, 0.4) is 0 Å². The fraction of sp³-hybridized carbons (Fsp3) is 0.450. The zero-order valence-corrected chi connectivity index (χ0v) is 15.1. The summed E-state index contributed by atoms with van der Waals surface area (Å²) in [4.78, 5) is 16.4. The molecule has 1 N–H and O–H groups in total. The summed E-state index contributed by atoms with van der Waals surface area (Å²) >= 11 is 1.79. The van der Waals surface area contributed by atoms with Gasteiger partial charge in [0.1, 0.15) is 0 Å². The molecule has 1 atom stereocenters. The fourth-order valence-corrected chi connectivity index (χ4v) is 4.15. The van der Waals surface area contributed by atoms with Crippen LogP contribution < -0.4 is 5.32 Å². The zero-order chi connectivity index (χ0) is 16.8. The molecule has 1 aliphatic heterocycles. The molecular formula is C20H26N2OS. The standard InChI is InChI=1S/C20H26N2OS/c1-16-8-10-17(11-9-16)20(23)21-15-18(19-7-6-14-24-19)22-12-4-2-3-5-13-22/h6-11,14,18H,2-5,12-13,15H2,1H3,(H,21,23). The third-order valence-corrected chi connectivity index (χ3v) is 5.70. The molecule has 1 saturated heterocycles. The third kappa shape index (κ3) is 4.46. The van der Waals surface area contributed by atoms with Gasteiger partial charge >= 0.3 is 0 Å². The van der Waals surface area contributed by atoms with Crippen molar-refractivity contribution < 1.29 is 4.79 Å². The summed E-state index contributed by atoms with van der Waals surface area (Å²) < 4.78 is 0. The highest BCUT2D eigenvalue weighted by atomic mass is 32.1. The van der Waals surface area contributed by atoms with Crippen LogP contribution in [0.5, 0.6) is 0 Å². The van der Waals surface area contributed by atoms with E-state index in [1.54, 1.807) is 11.3 Å². The number of amides is 1. The Labute approximate surface area is 148 Å². The Hall–Kier alpha value is -1.65. The van der Waals surface area contributed by atoms with E-state index in [4.69, 9.17) is 0 Å². The molecular weight excluding hydrogens is 316 g/mol. The number of nitrogens with zero attached hydrogens (tertiary/aromatic N) is 1. The van der Waals surface area contributed by atoms with Crippen LogP contribution in [0.15, 0.2) is 41.8 Å². The summed E-state index contributed by atoms with van der Waals surface area (Å²) in [5.41, 5.74) is 1.91. The number of likely N-dealkylation sites (tertiary alicyclic amines) is 1. The lowest BCUT2D eigenvalue weighted by Gasteiger charge is -2.30. The Bertz CT molecular complexity index is 628. The number of hydrogen-bond donors (Lipinski definition) is 1. The lowest BCUT2D eigenvalue weighted by Crippen LogP contribution is -2.38. The summed E-state index contributed by atoms with van der Waals surface area (Å²) in [5, 5.41) is 5.28. The molecule has 0 spiro atoms. The first kappa shape index (κ1) is 17.2. The highest BCUT2D eigenvalue weighted by Gasteiger charge is 2.23. The van der Waals surface area contributed by atoms with Crippen molar-refractivity contribution >= 4 is 17.2 Å². The highest BCUT2D eigenvalue weighted by Crippen LogP contribution is 2.27. The summed E-state index contributed by atoms with van der Waals surface area (Å²) in [6, 6.07) is 12.4. The van der Waals surface area contributed by atoms with Crippen LogP contribution in [-0.2, 0) is 0 Å². The van der Waals surface area contributed by atoms with Crippen LogP contribution >= 0.6 is 11.3 Å². The molecule has 1 fully saturated rings. The van der Waals surface area contributed by atoms with E-state index < -0.39 is 0 Å². The molecule has 1 unspecified atom stereocenters. The van der Waals surface area contributed by atoms with Gasteiger partial charge in [-0.1, -0.05) is 36.6 Å². The Kier molecular flexibility index (Phi) is 6.05. The average Bonchev–Trinajstić information content (AvgIpc) is 2.98. The zero-order valence-electron chi connectivity index (χ0n) is 14.3. The molecule has 1 aromatic carbocycles. The Morgan fingerprint density at radius 2 is 1.83 bits per heavy atom. The molecule has 2 heterocycles. The number of carbonyl (C=O) groups excluding carboxylic acids is 1. The van der Waals surface area contributed by atoms with Crippen LogP contribution in [-0.4, -0.2) is 30.4 Å². The number of hydrogen-bond acceptors (Lipinski definition) is 3. The second-order valence-corrected chi connectivity index (χ2v) is 7.54. The van der Waals surface area contributed by atoms with Crippen molar-refractivity contribution in [2.45, 2.75) is 38.6 Å². The van der Waals surface area contributed by atoms with Crippen LogP contribution in [0.4, 0.5) is 0 Å². The fourth-order valence-electron chi connectivity index (χ4n) is 3.29. The SMILES string of the molecule is Cc1ccc(C(=O)NCC(c2cccs2)N2CCCCCC2)cc1. The van der Waals surface area contributed by atoms with Gasteiger partial charge in [-0.2, -0.15) is 0 Å². The van der Waals surface area contributed by atoms with E-state index >= 15 is 0 Å². The van der Waals surface area contributed by atoms with E-state index in [-0.39, 0.29) is 11.9 Å². The van der Waals surface area contributed by atoms with Crippen molar-refractivity contribution in [1.82, 2.24) is 10.2 Å². The van der Waals surface area contributed by atoms with Crippen molar-refractivity contribution in [3.63, 3.8) is 0 Å². The van der Waals surface area contributed by atoms with Crippen molar-refractivity contribution in [1.29, 1.82) is 0 Å². The van der Waals surface area contributed by atoms with Gasteiger partial charge in [-0.25, -0.2) is 0 Å². The summed E-state index contributed by atoms with van der Waals surface area (Å²) in [6.07, 6.45) is 5.16. The summed E-state index contributed by atoms with van der Waals surface area (Å²) in [7, 11) is 0. The predicted octanol–water partition coefficient (Wildman–Crippen LogP) is 4.40. The van der Waals surface area contributed by atoms with Crippen molar-refractivity contribution in [2.75, 3.05) is 19.6 Å². The smallest absolute Gasteiger partial charge is 0.251 e. The molecule has 1 amide bonds. The molecule has 0 bridgehead atoms. The maximum atomic E-state index is 12.5. The maximum Gasteiger partial charge on any atom is 0.251 e. The first-order valence-electron chi connectivity index (χ1n) is 8.86. The molecule has 4 heteroatoms. The first-order chi connectivity index (χ1) is 11.7. The minimum atomic E-state index is 0.0198. The van der Waals surface area contributed by atoms with Gasteiger partial charge in [-0.3, -0.25) is 9.69 Å². The quantitative estimate of drug-likeness (QED) is 0.873. The molecule has 128 valence electrons. The Morgan fingerprint density at radius 1 is 1.12 bits per heavy atom. The van der Waals surface area contributed by atoms with Crippen LogP contribution in [0, 0.1) is 6.92 Å². The van der Waals surface area contributed by atoms with E-state index in [9.17, 15) is 4.79 Å². The molecule has 24 heavy (non-hydrogen) atoms. The largest absolute Gasteiger partial charge is 0.350 e. The molecule has 0 aliphatic carbocycles. The van der Waals surface area contributed by atoms with Crippen LogP contribution in [0.25, 0.3) is 0 Å². The van der Waals surface area contributed by atoms with E-state index in [0.29, 0.717) is 6.54 Å². The van der Waals surface area contributed by atoms with Crippen LogP contribution in [0.2, 0.25) is 0 Å². The topological polar surface area (TPSA) is 32.3 Å². The monoisotopic (exact) mass is 342 g/mol. The van der Waals surface area contributed by atoms with Gasteiger partial charge < -0.3 is 5.32 Å². The lowest BCUT2D eigenvalue weighted by molar-refractivity contribution is 0.0934. The third-order valence-electron chi connectivity index (χ3n) is 4.72. The minimum Gasteiger partial charge on any atom is -0.350 e. The average molecular weight is 343 g/mol. The van der Waals surface area contributed by atoms with E-state index in [0.717, 1.165) is 18.7 Å². The predicted molar refractivity (Wildman–Crippen MR) is 101 cm³/mol. The highest BCUT2D eigenvalue weighted by molar-refractivity contribution is 7.10. The molecule has 3 nitrogen and oxygen atoms in total. The molecule has 3 rings (SSSR count). The van der Waals surface area contributed by atoms with Gasteiger partial charge in [0.25, 0.3) is 5.91 Å². The van der Waals surface area contributed by atoms with Crippen molar-refractivity contribution in [3.05, 3.63) is 57.8 Å². The first-order valence-corrected chi connectivity index (χ1v) is 9.74. The van der Waals surface area contributed by atoms with E-state index in [1.807, 2.05) is 31.2 Å². The van der Waals surface area contributed by atoms with Gasteiger partial charge in [-0.15, -0.1) is 11.3 Å². The van der Waals surface area contributed by atoms with Crippen molar-refractivity contribution in [3.8, 4) is 0 Å². The number of thiophene rings is 1. The van der Waals surface area contributed by atoms with Gasteiger partial charge in [0.15, 0.2) is 0 Å². The second kappa shape index (κ2) is 8.45. The second-order valence-electron chi connectivity index (χ2n) is 6.56. The number of carbonyl (C=O) groups is 1. The molecule has 2 aromatic rings. The normalized spacial score (nSPS) is 17.2. The molecule has 0 radical (unpaired) electrons. The lowest BCUT2D eigenvalue weighted by atomic mass is 10.1. The van der Waals surface area contributed by atoms with Gasteiger partial charge in [0, 0.05) is 17.0 Å². The minimum absolute atomic E-state index is 0.0198. The van der Waals surface area contributed by atoms with Gasteiger partial charge in [0.05, 0.1) is 6.04 Å². The van der Waals surface area contributed by atoms with E-state index in [1.165, 1.54) is 36.1 Å². The van der Waals surface area contributed by atoms with Crippen LogP contribution in [0.1, 0.15) is 52.5 Å². The molecule has 1 aliphatic rings. The number of aryl methyl sites for hydroxylation is 1. The van der Waals surface area contributed by atoms with Gasteiger partial charge in [-0.05, 0) is 56.4 Å². The summed E-state index contributed by atoms with van der Waals surface area (Å²) in [6.45, 7) is 4.97. The van der Waals surface area contributed by atoms with E-state index in [2.05, 4.69) is 27.7 Å². The molecule has 1 aromatic heterocycles.